The van der Waals surface area contributed by atoms with Gasteiger partial charge in [0.2, 0.25) is 17.7 Å². The molecule has 3 rings (SSSR count). The van der Waals surface area contributed by atoms with Gasteiger partial charge in [-0.05, 0) is 42.9 Å². The number of carbonyl (C=O) groups excluding carboxylic acids is 5. The van der Waals surface area contributed by atoms with Gasteiger partial charge in [0.05, 0.1) is 6.04 Å². The maximum absolute atomic E-state index is 11.3. The van der Waals surface area contributed by atoms with Crippen molar-refractivity contribution in [2.75, 3.05) is 0 Å². The molecule has 0 saturated carbocycles. The number of aliphatic hydroxyl groups is 1. The van der Waals surface area contributed by atoms with Crippen LogP contribution in [0, 0.1) is 6.61 Å². The van der Waals surface area contributed by atoms with Gasteiger partial charge in [-0.15, -0.1) is 0 Å². The van der Waals surface area contributed by atoms with Crippen LogP contribution in [0.1, 0.15) is 44.4 Å². The zero-order valence-corrected chi connectivity index (χ0v) is 46.4. The minimum Gasteiger partial charge on any atom is -0.564 e. The van der Waals surface area contributed by atoms with Crippen molar-refractivity contribution in [3.8, 4) is 0 Å². The Hall–Kier alpha value is -7.63. The monoisotopic (exact) mass is 1390 g/mol. The Morgan fingerprint density at radius 1 is 0.609 bits per heavy atom. The third kappa shape index (κ3) is 19.4. The van der Waals surface area contributed by atoms with Crippen molar-refractivity contribution < 1.29 is 29.1 Å². The molecule has 0 radical (unpaired) electrons. The molecule has 3 aromatic carbocycles. The minimum atomic E-state index is -0.546. The summed E-state index contributed by atoms with van der Waals surface area (Å²) in [5.74, 6) is -0.550. The van der Waals surface area contributed by atoms with Crippen LogP contribution in [0.15, 0.2) is 91.0 Å². The van der Waals surface area contributed by atoms with E-state index in [9.17, 15) is 24.0 Å². The predicted octanol–water partition coefficient (Wildman–Crippen LogP) is 3.43. The minimum absolute atomic E-state index is 0. The molecule has 0 aliphatic heterocycles. The van der Waals surface area contributed by atoms with Crippen LogP contribution in [0.25, 0.3) is 0 Å². The van der Waals surface area contributed by atoms with E-state index < -0.39 is 12.1 Å². The summed E-state index contributed by atoms with van der Waals surface area (Å²) in [5, 5.41) is 16.7. The van der Waals surface area contributed by atoms with Gasteiger partial charge in [-0.1, -0.05) is 103 Å². The van der Waals surface area contributed by atoms with E-state index in [-0.39, 0.29) is 29.5 Å². The van der Waals surface area contributed by atoms with Crippen LogP contribution in [0.5, 0.6) is 0 Å². The molecule has 0 fully saturated rings. The summed E-state index contributed by atoms with van der Waals surface area (Å²) in [6.07, 6.45) is 3.45. The van der Waals surface area contributed by atoms with Gasteiger partial charge in [-0.2, -0.15) is 6.61 Å². The first-order valence-electron chi connectivity index (χ1n) is 13.8. The van der Waals surface area contributed by atoms with Crippen molar-refractivity contribution in [1.82, 2.24) is 16.0 Å². The summed E-state index contributed by atoms with van der Waals surface area (Å²) in [7, 11) is 0. The van der Waals surface area contributed by atoms with Gasteiger partial charge >= 0.3 is 0 Å². The standard InChI is InChI=1S/C12H15NO2.C11H14NO2.C11H12NO2.3Rf/c1-9(14)12(13-10(2)15)8-11-6-4-3-5-7-11;2*1-9(14)12-11(8-13)7-10-5-3-2-4-6-10;;;/h3-7,12H,8H2,1-2H3,(H,13,15);2-6,8,11,13H,7H2,1H3,(H,12,14);2-6,11H,7H2,1H3,(H,12,14);;;/q;2*-1;;;/t12-;2*11-;;;/m000.../s1. The fourth-order valence-corrected chi connectivity index (χ4v) is 3.88. The van der Waals surface area contributed by atoms with E-state index in [0.29, 0.717) is 19.3 Å². The molecule has 46 heavy (non-hydrogen) atoms. The van der Waals surface area contributed by atoms with Gasteiger partial charge in [0.15, 0.2) is 5.78 Å². The second-order valence-corrected chi connectivity index (χ2v) is 9.76. The molecular weight excluding hydrogens is 1350 g/mol. The molecule has 9 nitrogen and oxygen atoms in total. The average molecular weight is 1390 g/mol. The fourth-order valence-electron chi connectivity index (χ4n) is 3.88. The van der Waals surface area contributed by atoms with Gasteiger partial charge < -0.3 is 25.9 Å². The van der Waals surface area contributed by atoms with Gasteiger partial charge in [-0.3, -0.25) is 19.2 Å². The Labute approximate surface area is 254 Å². The Balaban J connectivity index is -0.000000584. The first-order chi connectivity index (χ1) is 20.5. The summed E-state index contributed by atoms with van der Waals surface area (Å²) in [6, 6.07) is 27.6. The van der Waals surface area contributed by atoms with Gasteiger partial charge in [0.25, 0.3) is 0 Å². The Morgan fingerprint density at radius 3 is 1.30 bits per heavy atom. The fraction of sp³-hybridized carbons (Fsp3) is 0.294. The number of rotatable bonds is 12. The van der Waals surface area contributed by atoms with Crippen LogP contribution in [0.3, 0.4) is 0 Å². The molecule has 3 amide bonds. The van der Waals surface area contributed by atoms with E-state index in [4.69, 9.17) is 5.11 Å². The van der Waals surface area contributed by atoms with Crippen LogP contribution in [-0.2, 0) is 43.2 Å². The molecule has 4 N–H and O–H groups in total. The van der Waals surface area contributed by atoms with Crippen molar-refractivity contribution in [1.29, 1.82) is 0 Å². The number of ketones is 1. The first-order valence-corrected chi connectivity index (χ1v) is 13.8. The van der Waals surface area contributed by atoms with Crippen molar-refractivity contribution >= 4 is 29.8 Å². The molecule has 0 aromatic heterocycles. The van der Waals surface area contributed by atoms with E-state index in [1.807, 2.05) is 91.0 Å². The van der Waals surface area contributed by atoms with Crippen LogP contribution in [0.4, 0.5) is 0 Å². The maximum Gasteiger partial charge on any atom is 0.217 e. The molecule has 236 valence electrons. The maximum atomic E-state index is 11.3. The van der Waals surface area contributed by atoms with Gasteiger partial charge in [0, 0.05) is 20.8 Å². The number of hydrogen-bond acceptors (Lipinski definition) is 6. The molecule has 0 heterocycles. The summed E-state index contributed by atoms with van der Waals surface area (Å²) in [5.41, 5.74) is 3.14. The number of benzene rings is 3. The first kappa shape index (κ1) is 42.8. The zero-order valence-electron chi connectivity index (χ0n) is 27.2. The van der Waals surface area contributed by atoms with Crippen LogP contribution >= 0.6 is 0 Å². The number of nitrogens with one attached hydrogen (secondary N) is 3. The van der Waals surface area contributed by atoms with Crippen molar-refractivity contribution in [3.63, 3.8) is 0 Å². The number of hydrogen-bond donors (Lipinski definition) is 4. The van der Waals surface area contributed by atoms with Crippen LogP contribution in [0.2, 0.25) is 0 Å². The predicted molar refractivity (Wildman–Crippen MR) is 166 cm³/mol. The van der Waals surface area contributed by atoms with E-state index in [1.54, 1.807) is 6.29 Å². The van der Waals surface area contributed by atoms with E-state index >= 15 is 0 Å². The smallest absolute Gasteiger partial charge is 0.217 e. The topological polar surface area (TPSA) is 142 Å². The molecule has 12 heteroatoms. The number of aliphatic hydroxyl groups excluding tert-OH is 1. The number of carbonyl (C=O) groups is 4. The van der Waals surface area contributed by atoms with Crippen molar-refractivity contribution in [2.45, 2.75) is 65.1 Å². The van der Waals surface area contributed by atoms with Crippen LogP contribution in [-0.4, -0.2) is 53.0 Å². The van der Waals surface area contributed by atoms with E-state index in [0.717, 1.165) is 23.3 Å². The Bertz CT molecular complexity index is 1270. The third-order valence-corrected chi connectivity index (χ3v) is 5.82. The average Bonchev–Trinajstić information content (AvgIpc) is 2.97. The second kappa shape index (κ2) is 24.0. The van der Waals surface area contributed by atoms with E-state index in [1.165, 1.54) is 27.7 Å². The van der Waals surface area contributed by atoms with Crippen molar-refractivity contribution in [2.24, 2.45) is 0 Å². The quantitative estimate of drug-likeness (QED) is 0.205. The Kier molecular flexibility index (Phi) is 22.4. The largest absolute Gasteiger partial charge is 0.564 e. The molecule has 3 atom stereocenters. The molecule has 0 bridgehead atoms. The SMILES string of the molecule is CC(=O)N[C@@H](Cc1ccccc1)C(C)=O.CC(=O)N[C@H]([C-]=O)Cc1ccccc1.CC(=O)N[C@H]([CH-]O)Cc1ccccc1.[Rf].[Rf].[Rf]. The summed E-state index contributed by atoms with van der Waals surface area (Å²) < 4.78 is 0. The molecule has 0 unspecified atom stereocenters. The molecule has 0 saturated heterocycles. The molecule has 0 aliphatic carbocycles. The number of Topliss-reactive ketones (excluding diaryl/α,β-unsaturated/α-hetero) is 1. The third-order valence-electron chi connectivity index (χ3n) is 5.82. The van der Waals surface area contributed by atoms with Gasteiger partial charge in [0.1, 0.15) is 0 Å². The van der Waals surface area contributed by atoms with Crippen molar-refractivity contribution in [3.05, 3.63) is 114 Å². The molecule has 0 aliphatic rings. The van der Waals surface area contributed by atoms with E-state index in [2.05, 4.69) is 16.0 Å². The normalized spacial score (nSPS) is 11.2. The van der Waals surface area contributed by atoms with Crippen LogP contribution < -0.4 is 16.0 Å². The number of amides is 3. The summed E-state index contributed by atoms with van der Waals surface area (Å²) >= 11 is 0. The molecule has 3 aromatic rings. The summed E-state index contributed by atoms with van der Waals surface area (Å²) in [6.45, 7) is 6.73. The molecule has 0 spiro atoms. The summed E-state index contributed by atoms with van der Waals surface area (Å²) in [4.78, 5) is 54.1. The molecular formula is C34H41N3O6Rf3-2. The Morgan fingerprint density at radius 2 is 0.978 bits per heavy atom. The zero-order chi connectivity index (χ0) is 32.0. The second-order valence-electron chi connectivity index (χ2n) is 9.76. The van der Waals surface area contributed by atoms with Gasteiger partial charge in [-0.25, -0.2) is 6.29 Å².